The van der Waals surface area contributed by atoms with Crippen molar-refractivity contribution in [2.75, 3.05) is 0 Å². The molecule has 2 aromatic carbocycles. The molecule has 190 valence electrons. The molecule has 0 saturated heterocycles. The summed E-state index contributed by atoms with van der Waals surface area (Å²) in [5.41, 5.74) is 3.38. The molecule has 2 aliphatic rings. The molecule has 0 radical (unpaired) electrons. The summed E-state index contributed by atoms with van der Waals surface area (Å²) in [6.07, 6.45) is 7.44. The van der Waals surface area contributed by atoms with Crippen LogP contribution in [-0.2, 0) is 6.61 Å². The molecule has 0 unspecified atom stereocenters. The van der Waals surface area contributed by atoms with Crippen LogP contribution in [-0.4, -0.2) is 31.5 Å². The lowest BCUT2D eigenvalue weighted by molar-refractivity contribution is -0.0197. The van der Waals surface area contributed by atoms with Crippen LogP contribution in [0.25, 0.3) is 16.4 Å². The minimum Gasteiger partial charge on any atom is -0.489 e. The quantitative estimate of drug-likeness (QED) is 0.351. The number of hydrogen-bond donors (Lipinski definition) is 2. The minimum absolute atomic E-state index is 0.112. The summed E-state index contributed by atoms with van der Waals surface area (Å²) in [6, 6.07) is 21.5. The zero-order valence-electron chi connectivity index (χ0n) is 20.8. The van der Waals surface area contributed by atoms with Crippen molar-refractivity contribution in [1.29, 1.82) is 0 Å². The number of carbonyl (C=O) groups is 1. The number of amides is 1. The van der Waals surface area contributed by atoms with E-state index >= 15 is 0 Å². The van der Waals surface area contributed by atoms with Gasteiger partial charge in [-0.05, 0) is 48.8 Å². The zero-order valence-corrected chi connectivity index (χ0v) is 20.8. The fourth-order valence-corrected chi connectivity index (χ4v) is 6.27. The number of ether oxygens (including phenoxy) is 1. The summed E-state index contributed by atoms with van der Waals surface area (Å²) in [5.74, 6) is 0.939. The molecule has 8 nitrogen and oxygen atoms in total. The highest BCUT2D eigenvalue weighted by molar-refractivity contribution is 5.93. The van der Waals surface area contributed by atoms with Crippen molar-refractivity contribution in [2.45, 2.75) is 44.2 Å². The van der Waals surface area contributed by atoms with E-state index in [4.69, 9.17) is 4.74 Å². The number of pyridine rings is 1. The highest BCUT2D eigenvalue weighted by atomic mass is 16.5. The van der Waals surface area contributed by atoms with Gasteiger partial charge in [-0.3, -0.25) is 14.0 Å². The lowest BCUT2D eigenvalue weighted by Crippen LogP contribution is -2.55. The Hall–Kier alpha value is -4.46. The normalized spacial score (nSPS) is 22.2. The summed E-state index contributed by atoms with van der Waals surface area (Å²) in [4.78, 5) is 29.6. The SMILES string of the molecule is O=C(NC1CC2(C1)CC(c1n[nH]c(=O)c3ccccc13)C2)c1cnc2cc(OCc3ccccc3)ccn12. The number of H-pyrrole nitrogens is 1. The van der Waals surface area contributed by atoms with E-state index in [2.05, 4.69) is 20.5 Å². The van der Waals surface area contributed by atoms with Crippen molar-refractivity contribution >= 4 is 22.3 Å². The second kappa shape index (κ2) is 8.83. The molecule has 38 heavy (non-hydrogen) atoms. The zero-order chi connectivity index (χ0) is 25.7. The molecule has 2 aliphatic carbocycles. The number of aromatic nitrogens is 4. The molecule has 7 rings (SSSR count). The van der Waals surface area contributed by atoms with Gasteiger partial charge >= 0.3 is 0 Å². The van der Waals surface area contributed by atoms with Gasteiger partial charge in [0.15, 0.2) is 0 Å². The Balaban J connectivity index is 0.965. The van der Waals surface area contributed by atoms with Gasteiger partial charge in [0.25, 0.3) is 11.5 Å². The molecule has 0 aliphatic heterocycles. The third-order valence-electron chi connectivity index (χ3n) is 8.13. The second-order valence-electron chi connectivity index (χ2n) is 10.7. The van der Waals surface area contributed by atoms with Crippen LogP contribution in [0.4, 0.5) is 0 Å². The summed E-state index contributed by atoms with van der Waals surface area (Å²) in [7, 11) is 0. The van der Waals surface area contributed by atoms with Gasteiger partial charge in [0.1, 0.15) is 23.7 Å². The molecule has 0 bridgehead atoms. The Kier molecular flexibility index (Phi) is 5.28. The number of imidazole rings is 1. The lowest BCUT2D eigenvalue weighted by atomic mass is 9.49. The average Bonchev–Trinajstić information content (AvgIpc) is 3.33. The maximum Gasteiger partial charge on any atom is 0.272 e. The number of aromatic amines is 1. The third-order valence-corrected chi connectivity index (χ3v) is 8.13. The van der Waals surface area contributed by atoms with Crippen molar-refractivity contribution in [3.05, 3.63) is 106 Å². The van der Waals surface area contributed by atoms with E-state index in [1.807, 2.05) is 72.9 Å². The lowest BCUT2D eigenvalue weighted by Gasteiger charge is -2.57. The van der Waals surface area contributed by atoms with Gasteiger partial charge in [-0.1, -0.05) is 48.5 Å². The highest BCUT2D eigenvalue weighted by Crippen LogP contribution is 2.62. The number of nitrogens with one attached hydrogen (secondary N) is 2. The molecule has 3 heterocycles. The summed E-state index contributed by atoms with van der Waals surface area (Å²) < 4.78 is 7.69. The van der Waals surface area contributed by atoms with E-state index in [1.165, 1.54) is 0 Å². The van der Waals surface area contributed by atoms with Crippen molar-refractivity contribution in [3.8, 4) is 5.75 Å². The molecule has 5 aromatic rings. The number of nitrogens with zero attached hydrogens (tertiary/aromatic N) is 3. The first kappa shape index (κ1) is 22.7. The van der Waals surface area contributed by atoms with Crippen LogP contribution in [0.2, 0.25) is 0 Å². The van der Waals surface area contributed by atoms with Crippen LogP contribution in [0.15, 0.2) is 83.9 Å². The first-order valence-corrected chi connectivity index (χ1v) is 13.0. The van der Waals surface area contributed by atoms with E-state index < -0.39 is 0 Å². The summed E-state index contributed by atoms with van der Waals surface area (Å²) in [5, 5.41) is 11.9. The minimum atomic E-state index is -0.145. The van der Waals surface area contributed by atoms with Crippen LogP contribution in [0.1, 0.15) is 53.3 Å². The Bertz CT molecular complexity index is 1710. The highest BCUT2D eigenvalue weighted by Gasteiger charge is 2.54. The summed E-state index contributed by atoms with van der Waals surface area (Å²) >= 11 is 0. The van der Waals surface area contributed by atoms with E-state index in [0.29, 0.717) is 35.0 Å². The fourth-order valence-electron chi connectivity index (χ4n) is 6.27. The number of fused-ring (bicyclic) bond motifs is 2. The average molecular weight is 506 g/mol. The van der Waals surface area contributed by atoms with Crippen molar-refractivity contribution in [3.63, 3.8) is 0 Å². The fraction of sp³-hybridized carbons (Fsp3) is 0.267. The van der Waals surface area contributed by atoms with E-state index in [9.17, 15) is 9.59 Å². The first-order valence-electron chi connectivity index (χ1n) is 13.0. The molecule has 2 N–H and O–H groups in total. The molecule has 0 atom stereocenters. The predicted octanol–water partition coefficient (Wildman–Crippen LogP) is 4.61. The van der Waals surface area contributed by atoms with Gasteiger partial charge in [-0.15, -0.1) is 0 Å². The van der Waals surface area contributed by atoms with Gasteiger partial charge in [-0.25, -0.2) is 10.1 Å². The second-order valence-corrected chi connectivity index (χ2v) is 10.7. The Labute approximate surface area is 218 Å². The van der Waals surface area contributed by atoms with Crippen molar-refractivity contribution < 1.29 is 9.53 Å². The van der Waals surface area contributed by atoms with Gasteiger partial charge in [-0.2, -0.15) is 5.10 Å². The molecule has 8 heteroatoms. The Morgan fingerprint density at radius 2 is 1.79 bits per heavy atom. The van der Waals surface area contributed by atoms with Crippen LogP contribution in [0, 0.1) is 5.41 Å². The largest absolute Gasteiger partial charge is 0.489 e. The topological polar surface area (TPSA) is 101 Å². The van der Waals surface area contributed by atoms with Gasteiger partial charge in [0, 0.05) is 29.6 Å². The van der Waals surface area contributed by atoms with Crippen molar-refractivity contribution in [2.24, 2.45) is 5.41 Å². The van der Waals surface area contributed by atoms with Crippen molar-refractivity contribution in [1.82, 2.24) is 24.9 Å². The molecule has 2 fully saturated rings. The standard InChI is InChI=1S/C30H27N5O3/c36-28-24-9-5-4-8-23(24)27(33-34-28)20-13-30(14-20)15-21(16-30)32-29(37)25-17-31-26-12-22(10-11-35(25)26)38-18-19-6-2-1-3-7-19/h1-12,17,20-21H,13-16,18H2,(H,32,37)(H,34,36). The van der Waals surface area contributed by atoms with Crippen LogP contribution in [0.3, 0.4) is 0 Å². The maximum atomic E-state index is 13.1. The molecule has 1 spiro atoms. The molecule has 3 aromatic heterocycles. The van der Waals surface area contributed by atoms with E-state index in [1.54, 1.807) is 10.6 Å². The molecule has 2 saturated carbocycles. The number of rotatable bonds is 6. The van der Waals surface area contributed by atoms with Gasteiger partial charge in [0.2, 0.25) is 0 Å². The van der Waals surface area contributed by atoms with Crippen LogP contribution in [0.5, 0.6) is 5.75 Å². The van der Waals surface area contributed by atoms with Gasteiger partial charge < -0.3 is 10.1 Å². The van der Waals surface area contributed by atoms with Crippen LogP contribution < -0.4 is 15.6 Å². The van der Waals surface area contributed by atoms with E-state index in [0.717, 1.165) is 42.3 Å². The monoisotopic (exact) mass is 505 g/mol. The van der Waals surface area contributed by atoms with Crippen LogP contribution >= 0.6 is 0 Å². The van der Waals surface area contributed by atoms with E-state index in [-0.39, 0.29) is 22.9 Å². The summed E-state index contributed by atoms with van der Waals surface area (Å²) in [6.45, 7) is 0.476. The predicted molar refractivity (Wildman–Crippen MR) is 143 cm³/mol. The molecular weight excluding hydrogens is 478 g/mol. The smallest absolute Gasteiger partial charge is 0.272 e. The number of carbonyl (C=O) groups excluding carboxylic acids is 1. The Morgan fingerprint density at radius 3 is 2.61 bits per heavy atom. The molecule has 1 amide bonds. The van der Waals surface area contributed by atoms with Gasteiger partial charge in [0.05, 0.1) is 17.3 Å². The third kappa shape index (κ3) is 3.93. The Morgan fingerprint density at radius 1 is 1.03 bits per heavy atom. The number of hydrogen-bond acceptors (Lipinski definition) is 5. The molecular formula is C30H27N5O3. The first-order chi connectivity index (χ1) is 18.6. The number of benzene rings is 2. The maximum absolute atomic E-state index is 13.1.